The van der Waals surface area contributed by atoms with Crippen LogP contribution >= 0.6 is 11.8 Å². The molecule has 1 atom stereocenters. The third kappa shape index (κ3) is 4.77. The number of hydrogen-bond donors (Lipinski definition) is 1. The number of nitrogens with one attached hydrogen (secondary N) is 1. The molecule has 1 heterocycles. The number of amidine groups is 1. The molecule has 0 bridgehead atoms. The molecule has 0 aliphatic carbocycles. The van der Waals surface area contributed by atoms with E-state index >= 15 is 0 Å². The van der Waals surface area contributed by atoms with Crippen molar-refractivity contribution in [3.8, 4) is 0 Å². The van der Waals surface area contributed by atoms with Gasteiger partial charge in [-0.2, -0.15) is 0 Å². The van der Waals surface area contributed by atoms with Gasteiger partial charge in [-0.1, -0.05) is 39.0 Å². The Balaban J connectivity index is 2.44. The lowest BCUT2D eigenvalue weighted by Crippen LogP contribution is -2.41. The maximum absolute atomic E-state index is 4.76. The standard InChI is InChI=1S/C13H26N2S/c1-6-7-13(4,5)15-12-14-11(9-16-12)8-10(2)3/h10-11H,6-9H2,1-5H3,(H,14,15). The van der Waals surface area contributed by atoms with Crippen molar-refractivity contribution < 1.29 is 0 Å². The second kappa shape index (κ2) is 5.95. The summed E-state index contributed by atoms with van der Waals surface area (Å²) in [5.74, 6) is 1.90. The smallest absolute Gasteiger partial charge is 0.157 e. The number of thioether (sulfide) groups is 1. The Morgan fingerprint density at radius 3 is 2.75 bits per heavy atom. The normalized spacial score (nSPS) is 21.4. The molecule has 1 aliphatic heterocycles. The van der Waals surface area contributed by atoms with E-state index in [1.54, 1.807) is 0 Å². The van der Waals surface area contributed by atoms with Gasteiger partial charge >= 0.3 is 0 Å². The first kappa shape index (κ1) is 13.9. The van der Waals surface area contributed by atoms with Crippen molar-refractivity contribution in [2.45, 2.75) is 65.5 Å². The van der Waals surface area contributed by atoms with E-state index in [2.05, 4.69) is 39.9 Å². The molecular weight excluding hydrogens is 216 g/mol. The van der Waals surface area contributed by atoms with E-state index in [1.807, 2.05) is 11.8 Å². The molecule has 0 aromatic rings. The minimum atomic E-state index is 0.188. The van der Waals surface area contributed by atoms with Gasteiger partial charge in [0.15, 0.2) is 5.17 Å². The molecule has 0 amide bonds. The van der Waals surface area contributed by atoms with Gasteiger partial charge in [-0.25, -0.2) is 0 Å². The van der Waals surface area contributed by atoms with Crippen LogP contribution in [0.15, 0.2) is 4.99 Å². The zero-order valence-electron chi connectivity index (χ0n) is 11.3. The van der Waals surface area contributed by atoms with E-state index in [9.17, 15) is 0 Å². The van der Waals surface area contributed by atoms with Crippen molar-refractivity contribution in [3.05, 3.63) is 0 Å². The van der Waals surface area contributed by atoms with Gasteiger partial charge in [-0.05, 0) is 32.6 Å². The van der Waals surface area contributed by atoms with Crippen molar-refractivity contribution in [2.75, 3.05) is 5.75 Å². The summed E-state index contributed by atoms with van der Waals surface area (Å²) in [6, 6.07) is 0.532. The Hall–Kier alpha value is -0.180. The highest BCUT2D eigenvalue weighted by Gasteiger charge is 2.24. The van der Waals surface area contributed by atoms with Gasteiger partial charge in [0.05, 0.1) is 6.04 Å². The number of hydrogen-bond acceptors (Lipinski definition) is 3. The Labute approximate surface area is 105 Å². The van der Waals surface area contributed by atoms with E-state index in [1.165, 1.54) is 19.3 Å². The lowest BCUT2D eigenvalue weighted by atomic mass is 10.00. The van der Waals surface area contributed by atoms with Crippen LogP contribution in [0.3, 0.4) is 0 Å². The van der Waals surface area contributed by atoms with Gasteiger partial charge in [0.25, 0.3) is 0 Å². The van der Waals surface area contributed by atoms with Crippen LogP contribution < -0.4 is 5.32 Å². The molecule has 3 heteroatoms. The molecule has 0 radical (unpaired) electrons. The molecule has 2 nitrogen and oxygen atoms in total. The predicted octanol–water partition coefficient (Wildman–Crippen LogP) is 3.67. The quantitative estimate of drug-likeness (QED) is 0.795. The van der Waals surface area contributed by atoms with Gasteiger partial charge < -0.3 is 5.32 Å². The first-order chi connectivity index (χ1) is 7.43. The maximum atomic E-state index is 4.76. The highest BCUT2D eigenvalue weighted by Crippen LogP contribution is 2.24. The van der Waals surface area contributed by atoms with Crippen LogP contribution in [0.25, 0.3) is 0 Å². The molecule has 1 aliphatic rings. The minimum Gasteiger partial charge on any atom is -0.360 e. The second-order valence-corrected chi connectivity index (χ2v) is 6.80. The van der Waals surface area contributed by atoms with Gasteiger partial charge in [-0.3, -0.25) is 4.99 Å². The van der Waals surface area contributed by atoms with Crippen molar-refractivity contribution in [2.24, 2.45) is 10.9 Å². The summed E-state index contributed by atoms with van der Waals surface area (Å²) in [5, 5.41) is 4.73. The molecule has 94 valence electrons. The Kier molecular flexibility index (Phi) is 5.16. The minimum absolute atomic E-state index is 0.188. The lowest BCUT2D eigenvalue weighted by molar-refractivity contribution is 0.422. The maximum Gasteiger partial charge on any atom is 0.157 e. The predicted molar refractivity (Wildman–Crippen MR) is 75.3 cm³/mol. The van der Waals surface area contributed by atoms with Crippen molar-refractivity contribution in [3.63, 3.8) is 0 Å². The van der Waals surface area contributed by atoms with E-state index in [0.717, 1.165) is 16.8 Å². The topological polar surface area (TPSA) is 24.4 Å². The molecule has 0 aromatic heterocycles. The largest absolute Gasteiger partial charge is 0.360 e. The zero-order valence-corrected chi connectivity index (χ0v) is 12.2. The van der Waals surface area contributed by atoms with Crippen LogP contribution in [0.4, 0.5) is 0 Å². The average molecular weight is 242 g/mol. The van der Waals surface area contributed by atoms with Crippen molar-refractivity contribution in [1.29, 1.82) is 0 Å². The zero-order chi connectivity index (χ0) is 12.2. The first-order valence-electron chi connectivity index (χ1n) is 6.41. The number of aliphatic imine (C=N–C) groups is 1. The Morgan fingerprint density at radius 2 is 2.19 bits per heavy atom. The third-order valence-corrected chi connectivity index (χ3v) is 3.81. The monoisotopic (exact) mass is 242 g/mol. The molecule has 0 aromatic carbocycles. The van der Waals surface area contributed by atoms with Crippen LogP contribution in [0.5, 0.6) is 0 Å². The molecular formula is C13H26N2S. The summed E-state index contributed by atoms with van der Waals surface area (Å²) in [5.41, 5.74) is 0.188. The molecule has 1 rings (SSSR count). The van der Waals surface area contributed by atoms with Crippen LogP contribution in [0.2, 0.25) is 0 Å². The van der Waals surface area contributed by atoms with E-state index in [0.29, 0.717) is 6.04 Å². The number of nitrogens with zero attached hydrogens (tertiary/aromatic N) is 1. The van der Waals surface area contributed by atoms with Crippen LogP contribution in [-0.4, -0.2) is 22.5 Å². The molecule has 0 saturated heterocycles. The Bertz CT molecular complexity index is 246. The summed E-state index contributed by atoms with van der Waals surface area (Å²) in [4.78, 5) is 4.76. The van der Waals surface area contributed by atoms with E-state index < -0.39 is 0 Å². The van der Waals surface area contributed by atoms with Crippen LogP contribution in [-0.2, 0) is 0 Å². The molecule has 0 saturated carbocycles. The summed E-state index contributed by atoms with van der Waals surface area (Å²) >= 11 is 1.88. The van der Waals surface area contributed by atoms with Gasteiger partial charge in [0.1, 0.15) is 0 Å². The molecule has 0 fully saturated rings. The molecule has 16 heavy (non-hydrogen) atoms. The second-order valence-electron chi connectivity index (χ2n) is 5.79. The van der Waals surface area contributed by atoms with Crippen LogP contribution in [0.1, 0.15) is 53.9 Å². The summed E-state index contributed by atoms with van der Waals surface area (Å²) in [6.45, 7) is 11.3. The summed E-state index contributed by atoms with van der Waals surface area (Å²) < 4.78 is 0. The Morgan fingerprint density at radius 1 is 1.50 bits per heavy atom. The SMILES string of the molecule is CCCC(C)(C)NC1=NC(CC(C)C)CS1. The summed E-state index contributed by atoms with van der Waals surface area (Å²) in [7, 11) is 0. The summed E-state index contributed by atoms with van der Waals surface area (Å²) in [6.07, 6.45) is 3.63. The number of rotatable bonds is 5. The molecule has 1 unspecified atom stereocenters. The fourth-order valence-corrected chi connectivity index (χ4v) is 3.26. The van der Waals surface area contributed by atoms with Crippen molar-refractivity contribution in [1.82, 2.24) is 5.32 Å². The van der Waals surface area contributed by atoms with Crippen LogP contribution in [0, 0.1) is 5.92 Å². The fraction of sp³-hybridized carbons (Fsp3) is 0.923. The van der Waals surface area contributed by atoms with E-state index in [4.69, 9.17) is 4.99 Å². The van der Waals surface area contributed by atoms with E-state index in [-0.39, 0.29) is 5.54 Å². The first-order valence-corrected chi connectivity index (χ1v) is 7.40. The lowest BCUT2D eigenvalue weighted by Gasteiger charge is -2.26. The fourth-order valence-electron chi connectivity index (χ4n) is 2.13. The highest BCUT2D eigenvalue weighted by atomic mass is 32.2. The van der Waals surface area contributed by atoms with Gasteiger partial charge in [0, 0.05) is 11.3 Å². The average Bonchev–Trinajstić information content (AvgIpc) is 2.49. The van der Waals surface area contributed by atoms with Gasteiger partial charge in [0.2, 0.25) is 0 Å². The highest BCUT2D eigenvalue weighted by molar-refractivity contribution is 8.14. The molecule has 1 N–H and O–H groups in total. The third-order valence-electron chi connectivity index (χ3n) is 2.78. The van der Waals surface area contributed by atoms with Crippen molar-refractivity contribution >= 4 is 16.9 Å². The van der Waals surface area contributed by atoms with Gasteiger partial charge in [-0.15, -0.1) is 0 Å². The molecule has 0 spiro atoms.